The first-order chi connectivity index (χ1) is 7.31. The number of para-hydroxylation sites is 1. The molecule has 0 aliphatic rings. The Hall–Kier alpha value is -1.09. The Balaban J connectivity index is 2.36. The fourth-order valence-electron chi connectivity index (χ4n) is 1.53. The molecule has 1 heterocycles. The van der Waals surface area contributed by atoms with Crippen LogP contribution in [0.25, 0.3) is 5.69 Å². The Bertz CT molecular complexity index is 434. The predicted octanol–water partition coefficient (Wildman–Crippen LogP) is 3.59. The van der Waals surface area contributed by atoms with E-state index in [2.05, 4.69) is 34.0 Å². The van der Waals surface area contributed by atoms with Crippen LogP contribution in [0.2, 0.25) is 0 Å². The molecule has 78 valence electrons. The van der Waals surface area contributed by atoms with E-state index in [0.717, 1.165) is 28.8 Å². The second kappa shape index (κ2) is 4.62. The maximum Gasteiger partial charge on any atom is 0.110 e. The van der Waals surface area contributed by atoms with Crippen molar-refractivity contribution in [2.45, 2.75) is 19.8 Å². The van der Waals surface area contributed by atoms with E-state index >= 15 is 0 Å². The molecule has 0 saturated carbocycles. The molecular weight excluding hydrogens is 252 g/mol. The minimum atomic E-state index is 1.01. The van der Waals surface area contributed by atoms with E-state index in [0.29, 0.717) is 0 Å². The van der Waals surface area contributed by atoms with E-state index in [-0.39, 0.29) is 0 Å². The highest BCUT2D eigenvalue weighted by atomic mass is 79.9. The smallest absolute Gasteiger partial charge is 0.110 e. The first-order valence-electron chi connectivity index (χ1n) is 5.11. The van der Waals surface area contributed by atoms with Crippen molar-refractivity contribution in [3.63, 3.8) is 0 Å². The van der Waals surface area contributed by atoms with E-state index in [1.54, 1.807) is 0 Å². The standard InChI is InChI=1S/C12H13BrN2/c1-2-6-10-9-12(13)15(14-10)11-7-4-3-5-8-11/h3-5,7-9H,2,6H2,1H3. The summed E-state index contributed by atoms with van der Waals surface area (Å²) >= 11 is 3.52. The number of hydrogen-bond donors (Lipinski definition) is 0. The third kappa shape index (κ3) is 2.29. The minimum Gasteiger partial charge on any atom is -0.226 e. The second-order valence-electron chi connectivity index (χ2n) is 3.46. The average Bonchev–Trinajstić information content (AvgIpc) is 2.61. The topological polar surface area (TPSA) is 17.8 Å². The number of aryl methyl sites for hydroxylation is 1. The molecule has 15 heavy (non-hydrogen) atoms. The van der Waals surface area contributed by atoms with Gasteiger partial charge in [-0.1, -0.05) is 31.5 Å². The van der Waals surface area contributed by atoms with Gasteiger partial charge in [0.25, 0.3) is 0 Å². The van der Waals surface area contributed by atoms with Crippen molar-refractivity contribution in [1.29, 1.82) is 0 Å². The lowest BCUT2D eigenvalue weighted by molar-refractivity contribution is 0.799. The van der Waals surface area contributed by atoms with Crippen molar-refractivity contribution in [3.05, 3.63) is 46.7 Å². The molecule has 0 aliphatic carbocycles. The molecule has 0 saturated heterocycles. The monoisotopic (exact) mass is 264 g/mol. The van der Waals surface area contributed by atoms with E-state index in [1.165, 1.54) is 0 Å². The fourth-order valence-corrected chi connectivity index (χ4v) is 2.08. The maximum absolute atomic E-state index is 4.54. The Labute approximate surface area is 98.1 Å². The van der Waals surface area contributed by atoms with E-state index < -0.39 is 0 Å². The molecule has 1 aromatic heterocycles. The van der Waals surface area contributed by atoms with E-state index in [4.69, 9.17) is 0 Å². The Morgan fingerprint density at radius 1 is 1.27 bits per heavy atom. The lowest BCUT2D eigenvalue weighted by Crippen LogP contribution is -1.97. The normalized spacial score (nSPS) is 10.5. The zero-order chi connectivity index (χ0) is 10.7. The number of halogens is 1. The van der Waals surface area contributed by atoms with Crippen LogP contribution in [0.5, 0.6) is 0 Å². The van der Waals surface area contributed by atoms with Gasteiger partial charge in [0.2, 0.25) is 0 Å². The summed E-state index contributed by atoms with van der Waals surface area (Å²) in [5, 5.41) is 4.54. The van der Waals surface area contributed by atoms with Gasteiger partial charge in [-0.2, -0.15) is 5.10 Å². The van der Waals surface area contributed by atoms with Crippen LogP contribution in [0.4, 0.5) is 0 Å². The van der Waals surface area contributed by atoms with E-state index in [1.807, 2.05) is 35.0 Å². The number of aromatic nitrogens is 2. The van der Waals surface area contributed by atoms with Crippen molar-refractivity contribution < 1.29 is 0 Å². The summed E-state index contributed by atoms with van der Waals surface area (Å²) in [7, 11) is 0. The summed E-state index contributed by atoms with van der Waals surface area (Å²) in [4.78, 5) is 0. The first-order valence-corrected chi connectivity index (χ1v) is 5.90. The van der Waals surface area contributed by atoms with Crippen LogP contribution in [0.1, 0.15) is 19.0 Å². The predicted molar refractivity (Wildman–Crippen MR) is 65.3 cm³/mol. The molecule has 0 unspecified atom stereocenters. The molecule has 2 nitrogen and oxygen atoms in total. The highest BCUT2D eigenvalue weighted by Gasteiger charge is 2.05. The zero-order valence-corrected chi connectivity index (χ0v) is 10.2. The number of nitrogens with zero attached hydrogens (tertiary/aromatic N) is 2. The van der Waals surface area contributed by atoms with Crippen LogP contribution in [-0.4, -0.2) is 9.78 Å². The third-order valence-corrected chi connectivity index (χ3v) is 2.79. The van der Waals surface area contributed by atoms with Crippen LogP contribution in [-0.2, 0) is 6.42 Å². The van der Waals surface area contributed by atoms with Crippen molar-refractivity contribution in [2.75, 3.05) is 0 Å². The van der Waals surface area contributed by atoms with Crippen LogP contribution in [0, 0.1) is 0 Å². The van der Waals surface area contributed by atoms with Crippen molar-refractivity contribution in [1.82, 2.24) is 9.78 Å². The summed E-state index contributed by atoms with van der Waals surface area (Å²) in [6, 6.07) is 12.2. The molecular formula is C12H13BrN2. The Morgan fingerprint density at radius 3 is 2.67 bits per heavy atom. The van der Waals surface area contributed by atoms with Gasteiger partial charge in [-0.05, 0) is 40.5 Å². The molecule has 0 amide bonds. The summed E-state index contributed by atoms with van der Waals surface area (Å²) in [5.41, 5.74) is 2.22. The molecule has 0 bridgehead atoms. The second-order valence-corrected chi connectivity index (χ2v) is 4.27. The number of benzene rings is 1. The van der Waals surface area contributed by atoms with Gasteiger partial charge in [-0.3, -0.25) is 0 Å². The molecule has 1 aromatic carbocycles. The largest absolute Gasteiger partial charge is 0.226 e. The fraction of sp³-hybridized carbons (Fsp3) is 0.250. The zero-order valence-electron chi connectivity index (χ0n) is 8.65. The van der Waals surface area contributed by atoms with Crippen molar-refractivity contribution in [2.24, 2.45) is 0 Å². The summed E-state index contributed by atoms with van der Waals surface area (Å²) in [6.45, 7) is 2.16. The van der Waals surface area contributed by atoms with Gasteiger partial charge in [0.15, 0.2) is 0 Å². The van der Waals surface area contributed by atoms with Crippen LogP contribution in [0.15, 0.2) is 41.0 Å². The molecule has 2 rings (SSSR count). The van der Waals surface area contributed by atoms with Crippen molar-refractivity contribution in [3.8, 4) is 5.69 Å². The van der Waals surface area contributed by atoms with Gasteiger partial charge < -0.3 is 0 Å². The van der Waals surface area contributed by atoms with Crippen LogP contribution in [0.3, 0.4) is 0 Å². The number of hydrogen-bond acceptors (Lipinski definition) is 1. The van der Waals surface area contributed by atoms with Gasteiger partial charge >= 0.3 is 0 Å². The Morgan fingerprint density at radius 2 is 2.00 bits per heavy atom. The van der Waals surface area contributed by atoms with Crippen LogP contribution < -0.4 is 0 Å². The molecule has 0 atom stereocenters. The quantitative estimate of drug-likeness (QED) is 0.829. The molecule has 0 N–H and O–H groups in total. The van der Waals surface area contributed by atoms with Gasteiger partial charge in [0.05, 0.1) is 11.4 Å². The SMILES string of the molecule is CCCc1cc(Br)n(-c2ccccc2)n1. The van der Waals surface area contributed by atoms with E-state index in [9.17, 15) is 0 Å². The Kier molecular flexibility index (Phi) is 3.21. The molecule has 0 fully saturated rings. The minimum absolute atomic E-state index is 1.01. The molecule has 0 aliphatic heterocycles. The van der Waals surface area contributed by atoms with Gasteiger partial charge in [0, 0.05) is 0 Å². The summed E-state index contributed by atoms with van der Waals surface area (Å²) in [5.74, 6) is 0. The highest BCUT2D eigenvalue weighted by molar-refractivity contribution is 9.10. The molecule has 3 heteroatoms. The third-order valence-electron chi connectivity index (χ3n) is 2.22. The summed E-state index contributed by atoms with van der Waals surface area (Å²) < 4.78 is 2.93. The van der Waals surface area contributed by atoms with Gasteiger partial charge in [0.1, 0.15) is 4.60 Å². The molecule has 2 aromatic rings. The maximum atomic E-state index is 4.54. The lowest BCUT2D eigenvalue weighted by atomic mass is 10.3. The van der Waals surface area contributed by atoms with Gasteiger partial charge in [-0.15, -0.1) is 0 Å². The van der Waals surface area contributed by atoms with Crippen LogP contribution >= 0.6 is 15.9 Å². The average molecular weight is 265 g/mol. The van der Waals surface area contributed by atoms with Crippen molar-refractivity contribution >= 4 is 15.9 Å². The lowest BCUT2D eigenvalue weighted by Gasteiger charge is -2.01. The highest BCUT2D eigenvalue weighted by Crippen LogP contribution is 2.18. The summed E-state index contributed by atoms with van der Waals surface area (Å²) in [6.07, 6.45) is 2.15. The number of rotatable bonds is 3. The van der Waals surface area contributed by atoms with Gasteiger partial charge in [-0.25, -0.2) is 4.68 Å². The molecule has 0 spiro atoms. The first kappa shape index (κ1) is 10.4. The molecule has 0 radical (unpaired) electrons.